The molecule has 1 aromatic carbocycles. The first-order chi connectivity index (χ1) is 15.7. The molecule has 7 nitrogen and oxygen atoms in total. The Hall–Kier alpha value is -2.92. The van der Waals surface area contributed by atoms with E-state index in [9.17, 15) is 4.79 Å². The third-order valence-corrected chi connectivity index (χ3v) is 6.00. The number of benzene rings is 1. The number of halogens is 1. The van der Waals surface area contributed by atoms with Crippen molar-refractivity contribution in [3.63, 3.8) is 0 Å². The Labute approximate surface area is 211 Å². The third-order valence-electron chi connectivity index (χ3n) is 6.00. The van der Waals surface area contributed by atoms with E-state index < -0.39 is 0 Å². The number of pyridine rings is 1. The first-order valence-electron chi connectivity index (χ1n) is 11.4. The van der Waals surface area contributed by atoms with E-state index in [2.05, 4.69) is 6.07 Å². The Morgan fingerprint density at radius 3 is 2.62 bits per heavy atom. The second-order valence-electron chi connectivity index (χ2n) is 9.63. The monoisotopic (exact) mass is 526 g/mol. The summed E-state index contributed by atoms with van der Waals surface area (Å²) >= 11 is 0. The van der Waals surface area contributed by atoms with E-state index in [1.807, 2.05) is 45.9 Å². The van der Waals surface area contributed by atoms with Crippen LogP contribution in [-0.4, -0.2) is 41.3 Å². The molecule has 180 valence electrons. The predicted octanol–water partition coefficient (Wildman–Crippen LogP) is 5.16. The van der Waals surface area contributed by atoms with Crippen molar-refractivity contribution in [2.24, 2.45) is 0 Å². The first kappa shape index (κ1) is 25.7. The van der Waals surface area contributed by atoms with Gasteiger partial charge in [0, 0.05) is 34.8 Å². The van der Waals surface area contributed by atoms with Crippen LogP contribution in [-0.2, 0) is 12.0 Å². The second kappa shape index (κ2) is 10.1. The number of nitrogens with one attached hydrogen (secondary N) is 1. The summed E-state index contributed by atoms with van der Waals surface area (Å²) < 4.78 is 11.5. The molecule has 1 aliphatic heterocycles. The Bertz CT molecular complexity index is 1150. The molecular formula is C26H31BrN4O3. The highest BCUT2D eigenvalue weighted by molar-refractivity contribution is 8.93. The molecule has 0 radical (unpaired) electrons. The average molecular weight is 527 g/mol. The summed E-state index contributed by atoms with van der Waals surface area (Å²) in [6.07, 6.45) is 2.32. The average Bonchev–Trinajstić information content (AvgIpc) is 3.57. The Morgan fingerprint density at radius 2 is 2.00 bits per heavy atom. The number of hydrogen-bond donors (Lipinski definition) is 1. The zero-order chi connectivity index (χ0) is 23.8. The normalized spacial score (nSPS) is 14.8. The number of nitrogens with zero attached hydrogens (tertiary/aromatic N) is 3. The van der Waals surface area contributed by atoms with Crippen molar-refractivity contribution in [3.05, 3.63) is 52.3 Å². The summed E-state index contributed by atoms with van der Waals surface area (Å²) in [7, 11) is 0. The molecule has 1 saturated carbocycles. The molecule has 2 heterocycles. The maximum atomic E-state index is 13.3. The number of fused-ring (bicyclic) bond motifs is 1. The number of hydrogen-bond acceptors (Lipinski definition) is 6. The molecule has 0 spiro atoms. The Morgan fingerprint density at radius 1 is 1.26 bits per heavy atom. The van der Waals surface area contributed by atoms with Gasteiger partial charge in [0.1, 0.15) is 17.6 Å². The standard InChI is InChI=1S/C26H30N4O3.BrH/c1-5-32-22-13-18(12-19(26(2,3)4)24(22)33-11-10-27)21(31)15-30-14-17-8-9-20(16-6-7-16)29-23(17)25(30)28;/h8-9,12-13,16,28H,5-7,11,14-15H2,1-4H3;1H. The number of ether oxygens (including phenoxy) is 2. The van der Waals surface area contributed by atoms with Crippen molar-refractivity contribution in [1.82, 2.24) is 9.88 Å². The molecular weight excluding hydrogens is 496 g/mol. The van der Waals surface area contributed by atoms with Crippen LogP contribution in [0.5, 0.6) is 11.5 Å². The van der Waals surface area contributed by atoms with Crippen molar-refractivity contribution >= 4 is 28.6 Å². The quantitative estimate of drug-likeness (QED) is 0.477. The minimum Gasteiger partial charge on any atom is -0.490 e. The molecule has 0 saturated heterocycles. The number of nitriles is 1. The number of carbonyl (C=O) groups excluding carboxylic acids is 1. The van der Waals surface area contributed by atoms with Gasteiger partial charge in [-0.05, 0) is 43.4 Å². The summed E-state index contributed by atoms with van der Waals surface area (Å²) in [5.74, 6) is 1.68. The van der Waals surface area contributed by atoms with Crippen LogP contribution in [0.25, 0.3) is 0 Å². The van der Waals surface area contributed by atoms with Crippen molar-refractivity contribution in [1.29, 1.82) is 10.7 Å². The maximum Gasteiger partial charge on any atom is 0.182 e. The van der Waals surface area contributed by atoms with Gasteiger partial charge in [0.25, 0.3) is 0 Å². The van der Waals surface area contributed by atoms with Gasteiger partial charge in [-0.2, -0.15) is 5.26 Å². The zero-order valence-corrected chi connectivity index (χ0v) is 21.8. The molecule has 1 fully saturated rings. The van der Waals surface area contributed by atoms with Gasteiger partial charge in [0.15, 0.2) is 23.9 Å². The van der Waals surface area contributed by atoms with Crippen molar-refractivity contribution in [2.45, 2.75) is 58.4 Å². The van der Waals surface area contributed by atoms with E-state index in [4.69, 9.17) is 25.1 Å². The fraction of sp³-hybridized carbons (Fsp3) is 0.462. The second-order valence-corrected chi connectivity index (χ2v) is 9.63. The van der Waals surface area contributed by atoms with E-state index >= 15 is 0 Å². The topological polar surface area (TPSA) is 99.3 Å². The lowest BCUT2D eigenvalue weighted by Crippen LogP contribution is -2.30. The lowest BCUT2D eigenvalue weighted by Gasteiger charge is -2.25. The van der Waals surface area contributed by atoms with E-state index in [0.29, 0.717) is 47.7 Å². The molecule has 0 bridgehead atoms. The minimum atomic E-state index is -0.327. The molecule has 34 heavy (non-hydrogen) atoms. The van der Waals surface area contributed by atoms with Gasteiger partial charge in [-0.15, -0.1) is 17.0 Å². The number of carbonyl (C=O) groups is 1. The van der Waals surface area contributed by atoms with Gasteiger partial charge in [0.05, 0.1) is 13.2 Å². The Balaban J connectivity index is 0.00000324. The molecule has 2 aromatic rings. The molecule has 0 atom stereocenters. The van der Waals surface area contributed by atoms with Crippen LogP contribution >= 0.6 is 17.0 Å². The summed E-state index contributed by atoms with van der Waals surface area (Å²) in [4.78, 5) is 19.8. The molecule has 8 heteroatoms. The van der Waals surface area contributed by atoms with Crippen molar-refractivity contribution in [2.75, 3.05) is 19.8 Å². The van der Waals surface area contributed by atoms with Gasteiger partial charge in [-0.25, -0.2) is 4.98 Å². The Kier molecular flexibility index (Phi) is 7.67. The summed E-state index contributed by atoms with van der Waals surface area (Å²) in [5.41, 5.74) is 3.72. The maximum absolute atomic E-state index is 13.3. The van der Waals surface area contributed by atoms with E-state index in [1.165, 1.54) is 0 Å². The largest absolute Gasteiger partial charge is 0.490 e. The summed E-state index contributed by atoms with van der Waals surface area (Å²) in [6.45, 7) is 8.85. The number of aromatic nitrogens is 1. The van der Waals surface area contributed by atoms with Crippen LogP contribution in [0.15, 0.2) is 24.3 Å². The SMILES string of the molecule is Br.CCOc1cc(C(=O)CN2Cc3ccc(C4CC4)nc3C2=N)cc(C(C)(C)C)c1OCC#N. The smallest absolute Gasteiger partial charge is 0.182 e. The molecule has 1 aliphatic carbocycles. The lowest BCUT2D eigenvalue weighted by atomic mass is 9.84. The van der Waals surface area contributed by atoms with Crippen LogP contribution in [0, 0.1) is 16.7 Å². The van der Waals surface area contributed by atoms with Crippen LogP contribution in [0.1, 0.15) is 79.3 Å². The fourth-order valence-corrected chi connectivity index (χ4v) is 4.11. The zero-order valence-electron chi connectivity index (χ0n) is 20.1. The molecule has 1 N–H and O–H groups in total. The molecule has 1 aromatic heterocycles. The van der Waals surface area contributed by atoms with Crippen LogP contribution in [0.2, 0.25) is 0 Å². The van der Waals surface area contributed by atoms with E-state index in [1.54, 1.807) is 11.0 Å². The number of amidine groups is 1. The number of ketones is 1. The predicted molar refractivity (Wildman–Crippen MR) is 136 cm³/mol. The van der Waals surface area contributed by atoms with Crippen LogP contribution in [0.4, 0.5) is 0 Å². The molecule has 2 aliphatic rings. The first-order valence-corrected chi connectivity index (χ1v) is 11.4. The van der Waals surface area contributed by atoms with Gasteiger partial charge in [-0.3, -0.25) is 10.2 Å². The highest BCUT2D eigenvalue weighted by atomic mass is 79.9. The molecule has 4 rings (SSSR count). The van der Waals surface area contributed by atoms with Crippen molar-refractivity contribution < 1.29 is 14.3 Å². The lowest BCUT2D eigenvalue weighted by molar-refractivity contribution is 0.0962. The fourth-order valence-electron chi connectivity index (χ4n) is 4.11. The van der Waals surface area contributed by atoms with Gasteiger partial charge >= 0.3 is 0 Å². The van der Waals surface area contributed by atoms with Crippen LogP contribution < -0.4 is 9.47 Å². The van der Waals surface area contributed by atoms with Crippen LogP contribution in [0.3, 0.4) is 0 Å². The van der Waals surface area contributed by atoms with Crippen molar-refractivity contribution in [3.8, 4) is 17.6 Å². The third kappa shape index (κ3) is 5.25. The highest BCUT2D eigenvalue weighted by Gasteiger charge is 2.32. The van der Waals surface area contributed by atoms with Gasteiger partial charge < -0.3 is 14.4 Å². The number of rotatable bonds is 8. The minimum absolute atomic E-state index is 0. The van der Waals surface area contributed by atoms with E-state index in [0.717, 1.165) is 29.7 Å². The number of Topliss-reactive ketones (excluding diaryl/α,β-unsaturated/α-hetero) is 1. The highest BCUT2D eigenvalue weighted by Crippen LogP contribution is 2.41. The van der Waals surface area contributed by atoms with Gasteiger partial charge in [0.2, 0.25) is 0 Å². The molecule has 0 amide bonds. The summed E-state index contributed by atoms with van der Waals surface area (Å²) in [6, 6.07) is 9.61. The summed E-state index contributed by atoms with van der Waals surface area (Å²) in [5, 5.41) is 17.6. The van der Waals surface area contributed by atoms with Gasteiger partial charge in [-0.1, -0.05) is 26.8 Å². The molecule has 0 unspecified atom stereocenters. The van der Waals surface area contributed by atoms with E-state index in [-0.39, 0.29) is 41.3 Å².